The van der Waals surface area contributed by atoms with Crippen LogP contribution in [0.5, 0.6) is 11.6 Å². The number of hydrogen-bond acceptors (Lipinski definition) is 4. The molecule has 0 aliphatic carbocycles. The van der Waals surface area contributed by atoms with Gasteiger partial charge in [-0.15, -0.1) is 0 Å². The van der Waals surface area contributed by atoms with Gasteiger partial charge in [0.05, 0.1) is 18.2 Å². The topological polar surface area (TPSA) is 79.6 Å². The number of rotatable bonds is 3. The molecule has 134 valence electrons. The van der Waals surface area contributed by atoms with Gasteiger partial charge in [0.2, 0.25) is 5.88 Å². The molecule has 2 N–H and O–H groups in total. The summed E-state index contributed by atoms with van der Waals surface area (Å²) in [5, 5.41) is 11.9. The summed E-state index contributed by atoms with van der Waals surface area (Å²) in [6.45, 7) is 0. The van der Waals surface area contributed by atoms with E-state index in [4.69, 9.17) is 17.0 Å². The van der Waals surface area contributed by atoms with Gasteiger partial charge < -0.3 is 14.8 Å². The van der Waals surface area contributed by atoms with E-state index in [1.165, 1.54) is 4.57 Å². The number of hydrogen-bond donors (Lipinski definition) is 2. The summed E-state index contributed by atoms with van der Waals surface area (Å²) in [6, 6.07) is 14.6. The Morgan fingerprint density at radius 3 is 2.74 bits per heavy atom. The summed E-state index contributed by atoms with van der Waals surface area (Å²) in [6.07, 6.45) is 3.27. The molecule has 3 aromatic rings. The standard InChI is InChI=1S/C20H15N3O3S/c1-26-15-8-7-12-9-13(18(24)21-16(12)11-15)10-17-19(25)23(20(27)22-17)14-5-3-2-4-6-14/h2-11,25H,1H3,(H,22,27)/b13-10+. The van der Waals surface area contributed by atoms with Crippen LogP contribution in [0.1, 0.15) is 5.69 Å². The van der Waals surface area contributed by atoms with E-state index >= 15 is 0 Å². The number of methoxy groups -OCH3 is 1. The number of carbonyl (C=O) groups excluding carboxylic acids is 1. The Morgan fingerprint density at radius 1 is 1.22 bits per heavy atom. The Labute approximate surface area is 159 Å². The molecule has 0 radical (unpaired) electrons. The van der Waals surface area contributed by atoms with E-state index in [1.807, 2.05) is 36.4 Å². The molecule has 6 nitrogen and oxygen atoms in total. The van der Waals surface area contributed by atoms with Crippen LogP contribution in [0.15, 0.2) is 59.1 Å². The Kier molecular flexibility index (Phi) is 4.21. The molecule has 0 spiro atoms. The molecule has 0 fully saturated rings. The first-order valence-electron chi connectivity index (χ1n) is 8.17. The van der Waals surface area contributed by atoms with Crippen LogP contribution >= 0.6 is 12.2 Å². The van der Waals surface area contributed by atoms with Gasteiger partial charge in [0, 0.05) is 16.9 Å². The quantitative estimate of drug-likeness (QED) is 0.542. The van der Waals surface area contributed by atoms with Gasteiger partial charge in [-0.2, -0.15) is 0 Å². The zero-order valence-electron chi connectivity index (χ0n) is 14.3. The van der Waals surface area contributed by atoms with Crippen molar-refractivity contribution in [3.63, 3.8) is 0 Å². The molecule has 1 aliphatic rings. The third-order valence-corrected chi connectivity index (χ3v) is 4.51. The van der Waals surface area contributed by atoms with Crippen LogP contribution in [-0.2, 0) is 4.79 Å². The first-order chi connectivity index (χ1) is 13.1. The highest BCUT2D eigenvalue weighted by Gasteiger charge is 2.15. The van der Waals surface area contributed by atoms with Crippen molar-refractivity contribution in [3.8, 4) is 17.3 Å². The largest absolute Gasteiger partial charge is 0.497 e. The Morgan fingerprint density at radius 2 is 2.00 bits per heavy atom. The number of aromatic nitrogens is 2. The third-order valence-electron chi connectivity index (χ3n) is 4.23. The number of amides is 1. The molecule has 1 aliphatic heterocycles. The zero-order valence-corrected chi connectivity index (χ0v) is 15.2. The van der Waals surface area contributed by atoms with E-state index in [0.717, 1.165) is 10.9 Å². The van der Waals surface area contributed by atoms with Crippen molar-refractivity contribution in [2.75, 3.05) is 7.11 Å². The first kappa shape index (κ1) is 17.0. The van der Waals surface area contributed by atoms with Crippen molar-refractivity contribution in [2.45, 2.75) is 0 Å². The maximum absolute atomic E-state index is 12.4. The number of nitrogens with one attached hydrogen (secondary N) is 1. The summed E-state index contributed by atoms with van der Waals surface area (Å²) < 4.78 is 6.99. The maximum Gasteiger partial charge on any atom is 0.277 e. The minimum atomic E-state index is -0.401. The number of fused-ring (bicyclic) bond motifs is 1. The molecule has 1 amide bonds. The number of carbonyl (C=O) groups is 1. The number of benzene rings is 2. The maximum atomic E-state index is 12.4. The summed E-state index contributed by atoms with van der Waals surface area (Å²) in [7, 11) is 1.56. The van der Waals surface area contributed by atoms with Crippen molar-refractivity contribution in [1.29, 1.82) is 0 Å². The highest BCUT2D eigenvalue weighted by Crippen LogP contribution is 2.25. The first-order valence-corrected chi connectivity index (χ1v) is 8.57. The lowest BCUT2D eigenvalue weighted by molar-refractivity contribution is -0.114. The summed E-state index contributed by atoms with van der Waals surface area (Å²) in [5.41, 5.74) is 1.41. The van der Waals surface area contributed by atoms with E-state index in [0.29, 0.717) is 27.1 Å². The van der Waals surface area contributed by atoms with Crippen molar-refractivity contribution >= 4 is 30.3 Å². The Bertz CT molecular complexity index is 1250. The van der Waals surface area contributed by atoms with Crippen LogP contribution < -0.4 is 15.3 Å². The monoisotopic (exact) mass is 377 g/mol. The second-order valence-electron chi connectivity index (χ2n) is 5.92. The molecular weight excluding hydrogens is 362 g/mol. The van der Waals surface area contributed by atoms with E-state index in [9.17, 15) is 9.90 Å². The van der Waals surface area contributed by atoms with Crippen LogP contribution in [0.2, 0.25) is 0 Å². The minimum absolute atomic E-state index is 0.0690. The number of imidazole rings is 1. The van der Waals surface area contributed by atoms with Crippen LogP contribution in [0.3, 0.4) is 0 Å². The Balaban J connectivity index is 1.82. The molecule has 0 saturated heterocycles. The number of aromatic amines is 1. The number of ether oxygens (including phenoxy) is 1. The van der Waals surface area contributed by atoms with Gasteiger partial charge in [0.15, 0.2) is 4.77 Å². The lowest BCUT2D eigenvalue weighted by Crippen LogP contribution is -2.30. The smallest absolute Gasteiger partial charge is 0.277 e. The average molecular weight is 377 g/mol. The number of para-hydroxylation sites is 1. The highest BCUT2D eigenvalue weighted by atomic mass is 32.1. The lowest BCUT2D eigenvalue weighted by Gasteiger charge is -2.05. The molecule has 27 heavy (non-hydrogen) atoms. The molecular formula is C20H15N3O3S. The second kappa shape index (κ2) is 6.69. The molecule has 2 aromatic carbocycles. The van der Waals surface area contributed by atoms with Crippen molar-refractivity contribution in [2.24, 2.45) is 4.99 Å². The van der Waals surface area contributed by atoms with Crippen molar-refractivity contribution in [1.82, 2.24) is 9.55 Å². The molecule has 4 rings (SSSR count). The second-order valence-corrected chi connectivity index (χ2v) is 6.31. The zero-order chi connectivity index (χ0) is 19.0. The average Bonchev–Trinajstić information content (AvgIpc) is 2.96. The fourth-order valence-corrected chi connectivity index (χ4v) is 3.19. The minimum Gasteiger partial charge on any atom is -0.497 e. The van der Waals surface area contributed by atoms with Gasteiger partial charge in [-0.1, -0.05) is 18.2 Å². The van der Waals surface area contributed by atoms with Gasteiger partial charge in [-0.25, -0.2) is 4.99 Å². The molecule has 0 saturated carbocycles. The van der Waals surface area contributed by atoms with Crippen LogP contribution in [0.25, 0.3) is 17.8 Å². The summed E-state index contributed by atoms with van der Waals surface area (Å²) >= 11 is 5.32. The molecule has 2 heterocycles. The van der Waals surface area contributed by atoms with Crippen LogP contribution in [0.4, 0.5) is 0 Å². The van der Waals surface area contributed by atoms with Gasteiger partial charge in [0.1, 0.15) is 11.4 Å². The molecule has 1 aromatic heterocycles. The number of H-pyrrole nitrogens is 1. The van der Waals surface area contributed by atoms with Gasteiger partial charge >= 0.3 is 0 Å². The fourth-order valence-electron chi connectivity index (χ4n) is 2.89. The lowest BCUT2D eigenvalue weighted by atomic mass is 10.1. The molecule has 0 bridgehead atoms. The third kappa shape index (κ3) is 3.09. The highest BCUT2D eigenvalue weighted by molar-refractivity contribution is 7.71. The summed E-state index contributed by atoms with van der Waals surface area (Å²) in [4.78, 5) is 19.4. The van der Waals surface area contributed by atoms with Crippen molar-refractivity contribution < 1.29 is 14.6 Å². The number of nitrogens with zero attached hydrogens (tertiary/aromatic N) is 2. The van der Waals surface area contributed by atoms with Crippen LogP contribution in [0, 0.1) is 4.77 Å². The van der Waals surface area contributed by atoms with E-state index in [-0.39, 0.29) is 5.88 Å². The number of aromatic hydroxyl groups is 1. The Hall–Kier alpha value is -3.45. The fraction of sp³-hybridized carbons (Fsp3) is 0.0500. The molecule has 0 atom stereocenters. The summed E-state index contributed by atoms with van der Waals surface area (Å²) in [5.74, 6) is 0.162. The van der Waals surface area contributed by atoms with Crippen LogP contribution in [-0.4, -0.2) is 27.7 Å². The van der Waals surface area contributed by atoms with E-state index < -0.39 is 5.91 Å². The predicted molar refractivity (Wildman–Crippen MR) is 104 cm³/mol. The van der Waals surface area contributed by atoms with Crippen molar-refractivity contribution in [3.05, 3.63) is 75.1 Å². The van der Waals surface area contributed by atoms with Gasteiger partial charge in [-0.3, -0.25) is 9.36 Å². The molecule has 0 unspecified atom stereocenters. The van der Waals surface area contributed by atoms with E-state index in [1.54, 1.807) is 31.4 Å². The van der Waals surface area contributed by atoms with Gasteiger partial charge in [-0.05, 0) is 48.6 Å². The van der Waals surface area contributed by atoms with Gasteiger partial charge in [0.25, 0.3) is 5.91 Å². The SMILES string of the molecule is COc1ccc2c(c1)=NC(=O)/C(=C/c1[nH]c(=S)n(-c3ccccc3)c1O)C=2. The normalized spacial score (nSPS) is 14.4. The molecule has 7 heteroatoms. The van der Waals surface area contributed by atoms with E-state index in [2.05, 4.69) is 9.98 Å². The predicted octanol–water partition coefficient (Wildman–Crippen LogP) is 2.27.